The highest BCUT2D eigenvalue weighted by Crippen LogP contribution is 2.28. The molecule has 13 heteroatoms. The highest BCUT2D eigenvalue weighted by atomic mass is 16.5. The van der Waals surface area contributed by atoms with Gasteiger partial charge >= 0.3 is 0 Å². The number of amides is 4. The second-order valence-electron chi connectivity index (χ2n) is 13.7. The van der Waals surface area contributed by atoms with Gasteiger partial charge in [0.05, 0.1) is 26.4 Å². The Morgan fingerprint density at radius 3 is 1.81 bits per heavy atom. The Labute approximate surface area is 312 Å². The van der Waals surface area contributed by atoms with E-state index >= 15 is 0 Å². The minimum absolute atomic E-state index is 0.0849. The van der Waals surface area contributed by atoms with Crippen LogP contribution in [0.1, 0.15) is 58.2 Å². The smallest absolute Gasteiger partial charge is 0.257 e. The van der Waals surface area contributed by atoms with Crippen molar-refractivity contribution in [3.8, 4) is 17.2 Å². The first-order valence-electron chi connectivity index (χ1n) is 17.7. The van der Waals surface area contributed by atoms with E-state index in [2.05, 4.69) is 21.4 Å². The third-order valence-electron chi connectivity index (χ3n) is 8.53. The highest BCUT2D eigenvalue weighted by Gasteiger charge is 2.31. The molecule has 13 nitrogen and oxygen atoms in total. The summed E-state index contributed by atoms with van der Waals surface area (Å²) in [4.78, 5) is 50.9. The summed E-state index contributed by atoms with van der Waals surface area (Å²) in [6, 6.07) is 19.9. The summed E-state index contributed by atoms with van der Waals surface area (Å²) >= 11 is 0. The van der Waals surface area contributed by atoms with Gasteiger partial charge in [0.25, 0.3) is 5.91 Å². The number of hydrazine groups is 1. The number of aliphatic hydroxyl groups is 1. The number of aliphatic hydroxyl groups excluding tert-OH is 1. The Balaban J connectivity index is 1.85. The highest BCUT2D eigenvalue weighted by molar-refractivity contribution is 5.87. The molecule has 0 aliphatic carbocycles. The first kappa shape index (κ1) is 42.3. The van der Waals surface area contributed by atoms with E-state index in [0.717, 1.165) is 16.7 Å². The first-order valence-corrected chi connectivity index (χ1v) is 17.7. The summed E-state index contributed by atoms with van der Waals surface area (Å²) in [7, 11) is 3.15. The molecule has 5 N–H and O–H groups in total. The molecule has 3 rings (SSSR count). The van der Waals surface area contributed by atoms with Crippen LogP contribution >= 0.6 is 0 Å². The summed E-state index contributed by atoms with van der Waals surface area (Å²) in [6.07, 6.45) is -0.889. The van der Waals surface area contributed by atoms with Crippen LogP contribution in [0.2, 0.25) is 0 Å². The monoisotopic (exact) mass is 733 g/mol. The van der Waals surface area contributed by atoms with Crippen LogP contribution in [0.3, 0.4) is 0 Å². The number of methoxy groups -OCH3 is 2. The molecular weight excluding hydrogens is 678 g/mol. The van der Waals surface area contributed by atoms with E-state index in [4.69, 9.17) is 14.2 Å². The van der Waals surface area contributed by atoms with Crippen molar-refractivity contribution in [1.82, 2.24) is 26.4 Å². The van der Waals surface area contributed by atoms with E-state index in [-0.39, 0.29) is 43.2 Å². The summed E-state index contributed by atoms with van der Waals surface area (Å²) in [5, 5.41) is 21.7. The summed E-state index contributed by atoms with van der Waals surface area (Å²) in [6.45, 7) is 10.4. The number of hydrogen-bond acceptors (Lipinski definition) is 9. The van der Waals surface area contributed by atoms with E-state index in [1.54, 1.807) is 19.2 Å². The lowest BCUT2D eigenvalue weighted by molar-refractivity contribution is -0.134. The average molecular weight is 734 g/mol. The zero-order chi connectivity index (χ0) is 39.1. The van der Waals surface area contributed by atoms with Gasteiger partial charge in [-0.15, -0.1) is 0 Å². The predicted molar refractivity (Wildman–Crippen MR) is 202 cm³/mol. The number of carbonyl (C=O) groups is 4. The molecule has 3 aromatic rings. The lowest BCUT2D eigenvalue weighted by Crippen LogP contribution is -2.59. The first-order chi connectivity index (χ1) is 25.2. The number of nitrogens with one attached hydrogen (secondary N) is 4. The quantitative estimate of drug-likeness (QED) is 0.109. The lowest BCUT2D eigenvalue weighted by atomic mass is 9.98. The topological polar surface area (TPSA) is 168 Å². The average Bonchev–Trinajstić information content (AvgIpc) is 3.11. The zero-order valence-electron chi connectivity index (χ0n) is 32.0. The molecular formula is C40H55N5O8. The van der Waals surface area contributed by atoms with Gasteiger partial charge in [0, 0.05) is 26.9 Å². The fraction of sp³-hybridized carbons (Fsp3) is 0.450. The van der Waals surface area contributed by atoms with E-state index in [1.165, 1.54) is 13.8 Å². The maximum atomic E-state index is 13.6. The molecule has 0 aliphatic heterocycles. The summed E-state index contributed by atoms with van der Waals surface area (Å²) in [5.41, 5.74) is 5.47. The predicted octanol–water partition coefficient (Wildman–Crippen LogP) is 3.53. The Morgan fingerprint density at radius 1 is 0.698 bits per heavy atom. The normalized spacial score (nSPS) is 13.4. The van der Waals surface area contributed by atoms with Crippen LogP contribution in [-0.2, 0) is 38.8 Å². The van der Waals surface area contributed by atoms with Gasteiger partial charge in [-0.05, 0) is 59.2 Å². The Morgan fingerprint density at radius 2 is 1.26 bits per heavy atom. The van der Waals surface area contributed by atoms with Gasteiger partial charge in [0.2, 0.25) is 17.7 Å². The zero-order valence-corrected chi connectivity index (χ0v) is 32.0. The van der Waals surface area contributed by atoms with Crippen molar-refractivity contribution >= 4 is 23.6 Å². The molecule has 4 atom stereocenters. The number of carbonyl (C=O) groups excluding carboxylic acids is 4. The SMILES string of the molecule is COc1ccc(COc2ccc(CN(C[C@H](O)[C@H](Cc3ccccc3)NC(=O)[C@@H](NC(C)=O)C(C)C)NC(=O)[C@@H](NC(C)=O)C(C)C)cc2)cc1OC. The molecule has 53 heavy (non-hydrogen) atoms. The molecule has 0 radical (unpaired) electrons. The van der Waals surface area contributed by atoms with Crippen molar-refractivity contribution < 1.29 is 38.5 Å². The standard InChI is InChI=1S/C40H55N5O8/c1-25(2)37(41-27(5)46)39(49)43-33(20-29-12-10-9-11-13-29)34(48)23-45(44-40(50)38(26(3)4)42-28(6)47)22-30-14-17-32(18-15-30)53-24-31-16-19-35(51-7)36(21-31)52-8/h9-19,21,25-26,33-34,37-38,48H,20,22-24H2,1-8H3,(H,41,46)(H,42,47)(H,43,49)(H,44,50)/t33-,34-,37-,38-/m0/s1. The second kappa shape index (κ2) is 20.8. The van der Waals surface area contributed by atoms with E-state index in [0.29, 0.717) is 23.9 Å². The molecule has 0 unspecified atom stereocenters. The lowest BCUT2D eigenvalue weighted by Gasteiger charge is -2.33. The summed E-state index contributed by atoms with van der Waals surface area (Å²) < 4.78 is 16.7. The van der Waals surface area contributed by atoms with Crippen molar-refractivity contribution in [3.63, 3.8) is 0 Å². The van der Waals surface area contributed by atoms with Gasteiger partial charge in [-0.1, -0.05) is 76.2 Å². The molecule has 3 aromatic carbocycles. The van der Waals surface area contributed by atoms with Gasteiger partial charge < -0.3 is 35.3 Å². The van der Waals surface area contributed by atoms with Crippen LogP contribution in [0.15, 0.2) is 72.8 Å². The Kier molecular flexibility index (Phi) is 16.6. The molecule has 0 heterocycles. The third kappa shape index (κ3) is 13.7. The number of hydrogen-bond donors (Lipinski definition) is 5. The second-order valence-corrected chi connectivity index (χ2v) is 13.7. The number of benzene rings is 3. The minimum atomic E-state index is -1.17. The molecule has 0 spiro atoms. The van der Waals surface area contributed by atoms with Crippen LogP contribution < -0.4 is 35.6 Å². The van der Waals surface area contributed by atoms with E-state index < -0.39 is 36.0 Å². The van der Waals surface area contributed by atoms with E-state index in [9.17, 15) is 24.3 Å². The number of ether oxygens (including phenoxy) is 3. The van der Waals surface area contributed by atoms with Gasteiger partial charge in [-0.2, -0.15) is 0 Å². The Bertz CT molecular complexity index is 1630. The van der Waals surface area contributed by atoms with E-state index in [1.807, 2.05) is 100 Å². The van der Waals surface area contributed by atoms with Gasteiger partial charge in [-0.25, -0.2) is 5.01 Å². The molecule has 0 bridgehead atoms. The molecule has 4 amide bonds. The molecule has 288 valence electrons. The van der Waals surface area contributed by atoms with Crippen molar-refractivity contribution in [1.29, 1.82) is 0 Å². The fourth-order valence-electron chi connectivity index (χ4n) is 5.71. The van der Waals surface area contributed by atoms with Gasteiger partial charge in [0.1, 0.15) is 24.4 Å². The molecule has 0 aromatic heterocycles. The third-order valence-corrected chi connectivity index (χ3v) is 8.53. The van der Waals surface area contributed by atoms with Crippen molar-refractivity contribution in [2.24, 2.45) is 11.8 Å². The number of nitrogens with zero attached hydrogens (tertiary/aromatic N) is 1. The maximum absolute atomic E-state index is 13.6. The number of rotatable bonds is 20. The van der Waals surface area contributed by atoms with Gasteiger partial charge in [0.15, 0.2) is 11.5 Å². The fourth-order valence-corrected chi connectivity index (χ4v) is 5.71. The van der Waals surface area contributed by atoms with Crippen molar-refractivity contribution in [2.45, 2.75) is 85.3 Å². The van der Waals surface area contributed by atoms with Gasteiger partial charge in [-0.3, -0.25) is 24.6 Å². The Hall–Kier alpha value is -5.14. The van der Waals surface area contributed by atoms with Crippen LogP contribution in [0.4, 0.5) is 0 Å². The molecule has 0 aliphatic rings. The van der Waals surface area contributed by atoms with Crippen LogP contribution in [0, 0.1) is 11.8 Å². The molecule has 0 saturated heterocycles. The molecule has 0 fully saturated rings. The van der Waals surface area contributed by atoms with Crippen LogP contribution in [0.5, 0.6) is 17.2 Å². The van der Waals surface area contributed by atoms with Crippen molar-refractivity contribution in [2.75, 3.05) is 20.8 Å². The van der Waals surface area contributed by atoms with Crippen molar-refractivity contribution in [3.05, 3.63) is 89.5 Å². The largest absolute Gasteiger partial charge is 0.493 e. The maximum Gasteiger partial charge on any atom is 0.257 e. The van der Waals surface area contributed by atoms with Crippen LogP contribution in [0.25, 0.3) is 0 Å². The van der Waals surface area contributed by atoms with Crippen LogP contribution in [-0.4, -0.2) is 78.7 Å². The minimum Gasteiger partial charge on any atom is -0.493 e. The molecule has 0 saturated carbocycles. The summed E-state index contributed by atoms with van der Waals surface area (Å²) in [5.74, 6) is -0.165.